The highest BCUT2D eigenvalue weighted by Crippen LogP contribution is 2.28. The molecule has 1 aliphatic heterocycles. The second-order valence-electron chi connectivity index (χ2n) is 5.99. The Balaban J connectivity index is 1.66. The van der Waals surface area contributed by atoms with Crippen LogP contribution in [-0.4, -0.2) is 44.1 Å². The summed E-state index contributed by atoms with van der Waals surface area (Å²) >= 11 is 6.35. The van der Waals surface area contributed by atoms with Crippen molar-refractivity contribution in [2.75, 3.05) is 38.6 Å². The van der Waals surface area contributed by atoms with Crippen LogP contribution in [0.1, 0.15) is 11.6 Å². The Morgan fingerprint density at radius 3 is 2.76 bits per heavy atom. The lowest BCUT2D eigenvalue weighted by Gasteiger charge is -2.36. The number of benzene rings is 2. The molecular weight excluding hydrogens is 338 g/mol. The highest BCUT2D eigenvalue weighted by Gasteiger charge is 2.26. The molecule has 0 radical (unpaired) electrons. The van der Waals surface area contributed by atoms with Gasteiger partial charge in [-0.3, -0.25) is 9.69 Å². The predicted octanol–water partition coefficient (Wildman–Crippen LogP) is 2.93. The van der Waals surface area contributed by atoms with Crippen LogP contribution in [0.2, 0.25) is 5.02 Å². The summed E-state index contributed by atoms with van der Waals surface area (Å²) in [7, 11) is 1.62. The minimum atomic E-state index is -0.0379. The lowest BCUT2D eigenvalue weighted by atomic mass is 10.0. The second kappa shape index (κ2) is 8.34. The summed E-state index contributed by atoms with van der Waals surface area (Å²) < 4.78 is 5.13. The average molecular weight is 360 g/mol. The van der Waals surface area contributed by atoms with E-state index in [1.165, 1.54) is 0 Å². The molecule has 0 bridgehead atoms. The lowest BCUT2D eigenvalue weighted by Crippen LogP contribution is -2.48. The van der Waals surface area contributed by atoms with Gasteiger partial charge in [-0.25, -0.2) is 0 Å². The van der Waals surface area contributed by atoms with E-state index in [2.05, 4.69) is 15.5 Å². The van der Waals surface area contributed by atoms with Gasteiger partial charge in [0.05, 0.1) is 13.7 Å². The molecule has 2 aromatic carbocycles. The maximum Gasteiger partial charge on any atom is 0.238 e. The van der Waals surface area contributed by atoms with E-state index in [0.29, 0.717) is 6.54 Å². The van der Waals surface area contributed by atoms with Crippen LogP contribution in [0.15, 0.2) is 48.5 Å². The third-order valence-corrected chi connectivity index (χ3v) is 4.68. The first kappa shape index (κ1) is 17.7. The van der Waals surface area contributed by atoms with Crippen LogP contribution in [0.5, 0.6) is 5.75 Å². The summed E-state index contributed by atoms with van der Waals surface area (Å²) in [4.78, 5) is 14.6. The molecule has 0 aromatic heterocycles. The molecule has 0 spiro atoms. The van der Waals surface area contributed by atoms with Crippen molar-refractivity contribution in [1.82, 2.24) is 10.2 Å². The number of piperazine rings is 1. The number of methoxy groups -OCH3 is 1. The molecule has 2 N–H and O–H groups in total. The average Bonchev–Trinajstić information content (AvgIpc) is 2.63. The van der Waals surface area contributed by atoms with E-state index < -0.39 is 0 Å². The third-order valence-electron chi connectivity index (χ3n) is 4.34. The van der Waals surface area contributed by atoms with E-state index in [0.717, 1.165) is 41.7 Å². The predicted molar refractivity (Wildman–Crippen MR) is 100 cm³/mol. The number of rotatable bonds is 5. The molecular formula is C19H22ClN3O2. The van der Waals surface area contributed by atoms with Gasteiger partial charge in [0.2, 0.25) is 5.91 Å². The largest absolute Gasteiger partial charge is 0.497 e. The van der Waals surface area contributed by atoms with E-state index in [1.807, 2.05) is 48.5 Å². The number of nitrogens with one attached hydrogen (secondary N) is 2. The Morgan fingerprint density at radius 2 is 2.04 bits per heavy atom. The van der Waals surface area contributed by atoms with Crippen molar-refractivity contribution in [2.24, 2.45) is 0 Å². The minimum absolute atomic E-state index is 0.0379. The van der Waals surface area contributed by atoms with Crippen molar-refractivity contribution >= 4 is 23.2 Å². The summed E-state index contributed by atoms with van der Waals surface area (Å²) in [5, 5.41) is 7.05. The first-order valence-electron chi connectivity index (χ1n) is 8.30. The fourth-order valence-corrected chi connectivity index (χ4v) is 3.31. The molecule has 1 saturated heterocycles. The van der Waals surface area contributed by atoms with Crippen molar-refractivity contribution in [3.63, 3.8) is 0 Å². The van der Waals surface area contributed by atoms with Crippen molar-refractivity contribution < 1.29 is 9.53 Å². The number of anilines is 1. The Labute approximate surface area is 152 Å². The summed E-state index contributed by atoms with van der Waals surface area (Å²) in [5.74, 6) is 0.725. The number of hydrogen-bond acceptors (Lipinski definition) is 4. The maximum absolute atomic E-state index is 12.5. The number of hydrogen-bond donors (Lipinski definition) is 2. The molecule has 1 heterocycles. The van der Waals surface area contributed by atoms with Gasteiger partial charge >= 0.3 is 0 Å². The molecule has 0 saturated carbocycles. The SMILES string of the molecule is COc1ccc(NC(=O)CN2CCNCC2c2ccccc2Cl)cc1. The number of carbonyl (C=O) groups excluding carboxylic acids is 1. The summed E-state index contributed by atoms with van der Waals surface area (Å²) in [5.41, 5.74) is 1.81. The highest BCUT2D eigenvalue weighted by molar-refractivity contribution is 6.31. The van der Waals surface area contributed by atoms with E-state index in [-0.39, 0.29) is 11.9 Å². The van der Waals surface area contributed by atoms with Gasteiger partial charge in [0.15, 0.2) is 0 Å². The summed E-state index contributed by atoms with van der Waals surface area (Å²) in [6, 6.07) is 15.2. The quantitative estimate of drug-likeness (QED) is 0.861. The Morgan fingerprint density at radius 1 is 1.28 bits per heavy atom. The number of amides is 1. The fourth-order valence-electron chi connectivity index (χ4n) is 3.05. The van der Waals surface area contributed by atoms with Crippen LogP contribution >= 0.6 is 11.6 Å². The zero-order valence-corrected chi connectivity index (χ0v) is 14.9. The summed E-state index contributed by atoms with van der Waals surface area (Å²) in [6.07, 6.45) is 0. The Hall–Kier alpha value is -2.08. The standard InChI is InChI=1S/C19H22ClN3O2/c1-25-15-8-6-14(7-9-15)22-19(24)13-23-11-10-21-12-18(23)16-4-2-3-5-17(16)20/h2-9,18,21H,10-13H2,1H3,(H,22,24). The van der Waals surface area contributed by atoms with Crippen LogP contribution < -0.4 is 15.4 Å². The number of carbonyl (C=O) groups is 1. The topological polar surface area (TPSA) is 53.6 Å². The number of halogens is 1. The van der Waals surface area contributed by atoms with Gasteiger partial charge in [-0.1, -0.05) is 29.8 Å². The highest BCUT2D eigenvalue weighted by atomic mass is 35.5. The number of ether oxygens (including phenoxy) is 1. The van der Waals surface area contributed by atoms with Gasteiger partial charge in [-0.15, -0.1) is 0 Å². The molecule has 25 heavy (non-hydrogen) atoms. The molecule has 0 aliphatic carbocycles. The van der Waals surface area contributed by atoms with Gasteiger partial charge in [0, 0.05) is 36.4 Å². The number of nitrogens with zero attached hydrogens (tertiary/aromatic N) is 1. The molecule has 3 rings (SSSR count). The van der Waals surface area contributed by atoms with Crippen LogP contribution in [0, 0.1) is 0 Å². The first-order chi connectivity index (χ1) is 12.2. The van der Waals surface area contributed by atoms with Crippen LogP contribution in [0.3, 0.4) is 0 Å². The zero-order chi connectivity index (χ0) is 17.6. The van der Waals surface area contributed by atoms with Crippen molar-refractivity contribution in [3.05, 3.63) is 59.1 Å². The maximum atomic E-state index is 12.5. The lowest BCUT2D eigenvalue weighted by molar-refractivity contribution is -0.118. The van der Waals surface area contributed by atoms with Gasteiger partial charge in [-0.05, 0) is 35.9 Å². The van der Waals surface area contributed by atoms with Gasteiger partial charge in [0.25, 0.3) is 0 Å². The monoisotopic (exact) mass is 359 g/mol. The molecule has 1 atom stereocenters. The molecule has 1 aliphatic rings. The van der Waals surface area contributed by atoms with Gasteiger partial charge in [0.1, 0.15) is 5.75 Å². The molecule has 132 valence electrons. The third kappa shape index (κ3) is 4.51. The van der Waals surface area contributed by atoms with Crippen LogP contribution in [0.4, 0.5) is 5.69 Å². The zero-order valence-electron chi connectivity index (χ0n) is 14.2. The first-order valence-corrected chi connectivity index (χ1v) is 8.68. The molecule has 6 heteroatoms. The van der Waals surface area contributed by atoms with E-state index >= 15 is 0 Å². The van der Waals surface area contributed by atoms with E-state index in [9.17, 15) is 4.79 Å². The molecule has 1 unspecified atom stereocenters. The smallest absolute Gasteiger partial charge is 0.238 e. The van der Waals surface area contributed by atoms with Crippen molar-refractivity contribution in [1.29, 1.82) is 0 Å². The Bertz CT molecular complexity index is 721. The fraction of sp³-hybridized carbons (Fsp3) is 0.316. The molecule has 1 fully saturated rings. The Kier molecular flexibility index (Phi) is 5.91. The summed E-state index contributed by atoms with van der Waals surface area (Å²) in [6.45, 7) is 2.76. The van der Waals surface area contributed by atoms with Gasteiger partial charge < -0.3 is 15.4 Å². The van der Waals surface area contributed by atoms with Crippen molar-refractivity contribution in [2.45, 2.75) is 6.04 Å². The minimum Gasteiger partial charge on any atom is -0.497 e. The molecule has 5 nitrogen and oxygen atoms in total. The van der Waals surface area contributed by atoms with Crippen molar-refractivity contribution in [3.8, 4) is 5.75 Å². The van der Waals surface area contributed by atoms with Crippen LogP contribution in [0.25, 0.3) is 0 Å². The van der Waals surface area contributed by atoms with Crippen LogP contribution in [-0.2, 0) is 4.79 Å². The second-order valence-corrected chi connectivity index (χ2v) is 6.40. The molecule has 2 aromatic rings. The van der Waals surface area contributed by atoms with E-state index in [4.69, 9.17) is 16.3 Å². The van der Waals surface area contributed by atoms with E-state index in [1.54, 1.807) is 7.11 Å². The molecule has 1 amide bonds. The normalized spacial score (nSPS) is 17.9. The van der Waals surface area contributed by atoms with Gasteiger partial charge in [-0.2, -0.15) is 0 Å².